The van der Waals surface area contributed by atoms with Gasteiger partial charge in [-0.1, -0.05) is 11.6 Å². The standard InChI is InChI=1S/C12H7ClF4N2O2S/c1-5-8(14)10(16)11(17)12(9(5)15)22(20,21)19-6-2-3-7(13)18-4-6/h2-4,19H,1H3. The predicted octanol–water partition coefficient (Wildman–Crippen LogP) is 3.40. The van der Waals surface area contributed by atoms with Crippen molar-refractivity contribution in [2.45, 2.75) is 11.8 Å². The average molecular weight is 355 g/mol. The van der Waals surface area contributed by atoms with Crippen molar-refractivity contribution in [3.05, 3.63) is 52.3 Å². The van der Waals surface area contributed by atoms with Crippen molar-refractivity contribution in [3.63, 3.8) is 0 Å². The monoisotopic (exact) mass is 354 g/mol. The van der Waals surface area contributed by atoms with Gasteiger partial charge in [-0.3, -0.25) is 4.72 Å². The molecule has 0 saturated carbocycles. The summed E-state index contributed by atoms with van der Waals surface area (Å²) in [6.07, 6.45) is 0.989. The Hall–Kier alpha value is -1.87. The summed E-state index contributed by atoms with van der Waals surface area (Å²) in [6, 6.07) is 2.40. The highest BCUT2D eigenvalue weighted by atomic mass is 35.5. The van der Waals surface area contributed by atoms with E-state index in [1.54, 1.807) is 4.72 Å². The molecule has 1 aromatic heterocycles. The van der Waals surface area contributed by atoms with Gasteiger partial charge in [-0.15, -0.1) is 0 Å². The van der Waals surface area contributed by atoms with E-state index in [1.165, 1.54) is 12.1 Å². The molecular weight excluding hydrogens is 348 g/mol. The van der Waals surface area contributed by atoms with Crippen molar-refractivity contribution < 1.29 is 26.0 Å². The van der Waals surface area contributed by atoms with Gasteiger partial charge in [0.05, 0.1) is 11.9 Å². The number of pyridine rings is 1. The van der Waals surface area contributed by atoms with Gasteiger partial charge in [0.2, 0.25) is 0 Å². The van der Waals surface area contributed by atoms with Crippen LogP contribution in [0.4, 0.5) is 23.2 Å². The molecule has 0 spiro atoms. The number of sulfonamides is 1. The molecule has 4 nitrogen and oxygen atoms in total. The smallest absolute Gasteiger partial charge is 0.267 e. The molecule has 10 heteroatoms. The molecule has 1 N–H and O–H groups in total. The van der Waals surface area contributed by atoms with E-state index in [4.69, 9.17) is 11.6 Å². The van der Waals surface area contributed by atoms with Gasteiger partial charge >= 0.3 is 0 Å². The lowest BCUT2D eigenvalue weighted by atomic mass is 10.2. The molecule has 1 heterocycles. The first-order chi connectivity index (χ1) is 10.1. The Balaban J connectivity index is 2.57. The highest BCUT2D eigenvalue weighted by molar-refractivity contribution is 7.92. The molecule has 0 aliphatic rings. The van der Waals surface area contributed by atoms with Gasteiger partial charge in [0.25, 0.3) is 10.0 Å². The van der Waals surface area contributed by atoms with Gasteiger partial charge in [-0.25, -0.2) is 31.0 Å². The molecule has 118 valence electrons. The van der Waals surface area contributed by atoms with E-state index >= 15 is 0 Å². The third kappa shape index (κ3) is 2.86. The van der Waals surface area contributed by atoms with Crippen LogP contribution in [0.5, 0.6) is 0 Å². The number of hydrogen-bond donors (Lipinski definition) is 1. The molecule has 2 rings (SSSR count). The summed E-state index contributed by atoms with van der Waals surface area (Å²) in [6.45, 7) is 0.788. The Morgan fingerprint density at radius 3 is 2.23 bits per heavy atom. The number of nitrogens with zero attached hydrogens (tertiary/aromatic N) is 1. The summed E-state index contributed by atoms with van der Waals surface area (Å²) in [5.74, 6) is -7.73. The number of anilines is 1. The van der Waals surface area contributed by atoms with Gasteiger partial charge < -0.3 is 0 Å². The molecule has 1 aromatic carbocycles. The van der Waals surface area contributed by atoms with E-state index in [-0.39, 0.29) is 10.8 Å². The molecule has 0 radical (unpaired) electrons. The third-order valence-corrected chi connectivity index (χ3v) is 4.31. The molecule has 0 unspecified atom stereocenters. The summed E-state index contributed by atoms with van der Waals surface area (Å²) in [5.41, 5.74) is -1.11. The van der Waals surface area contributed by atoms with Gasteiger partial charge in [0.15, 0.2) is 28.2 Å². The van der Waals surface area contributed by atoms with Crippen molar-refractivity contribution in [3.8, 4) is 0 Å². The van der Waals surface area contributed by atoms with Crippen LogP contribution in [0.25, 0.3) is 0 Å². The molecule has 2 aromatic rings. The van der Waals surface area contributed by atoms with Crippen LogP contribution in [-0.4, -0.2) is 13.4 Å². The lowest BCUT2D eigenvalue weighted by Crippen LogP contribution is -2.19. The summed E-state index contributed by atoms with van der Waals surface area (Å²) in [5, 5.41) is 0.0592. The van der Waals surface area contributed by atoms with Crippen molar-refractivity contribution in [2.75, 3.05) is 4.72 Å². The second kappa shape index (κ2) is 5.73. The van der Waals surface area contributed by atoms with Crippen molar-refractivity contribution >= 4 is 27.3 Å². The average Bonchev–Trinajstić information content (AvgIpc) is 2.45. The molecule has 0 amide bonds. The first-order valence-electron chi connectivity index (χ1n) is 5.62. The van der Waals surface area contributed by atoms with Gasteiger partial charge in [0, 0.05) is 5.56 Å². The van der Waals surface area contributed by atoms with Gasteiger partial charge in [-0.2, -0.15) is 0 Å². The molecule has 0 bridgehead atoms. The number of halogens is 5. The zero-order valence-electron chi connectivity index (χ0n) is 10.8. The fourth-order valence-electron chi connectivity index (χ4n) is 1.60. The second-order valence-electron chi connectivity index (χ2n) is 4.19. The third-order valence-electron chi connectivity index (χ3n) is 2.69. The van der Waals surface area contributed by atoms with Crippen LogP contribution in [-0.2, 0) is 10.0 Å². The molecule has 0 aliphatic heterocycles. The number of rotatable bonds is 3. The van der Waals surface area contributed by atoms with E-state index in [0.29, 0.717) is 0 Å². The highest BCUT2D eigenvalue weighted by Gasteiger charge is 2.31. The number of nitrogens with one attached hydrogen (secondary N) is 1. The summed E-state index contributed by atoms with van der Waals surface area (Å²) >= 11 is 5.51. The minimum absolute atomic E-state index is 0.0592. The van der Waals surface area contributed by atoms with E-state index in [1.807, 2.05) is 0 Å². The zero-order chi connectivity index (χ0) is 16.7. The summed E-state index contributed by atoms with van der Waals surface area (Å²) in [4.78, 5) is 1.96. The van der Waals surface area contributed by atoms with Crippen LogP contribution in [0.3, 0.4) is 0 Å². The van der Waals surface area contributed by atoms with Crippen LogP contribution in [0, 0.1) is 30.2 Å². The largest absolute Gasteiger partial charge is 0.278 e. The van der Waals surface area contributed by atoms with Crippen LogP contribution in [0.15, 0.2) is 23.2 Å². The lowest BCUT2D eigenvalue weighted by Gasteiger charge is -2.12. The Kier molecular flexibility index (Phi) is 4.30. The number of aromatic nitrogens is 1. The van der Waals surface area contributed by atoms with Gasteiger partial charge in [-0.05, 0) is 19.1 Å². The summed E-state index contributed by atoms with van der Waals surface area (Å²) in [7, 11) is -4.84. The minimum atomic E-state index is -4.84. The fourth-order valence-corrected chi connectivity index (χ4v) is 2.96. The van der Waals surface area contributed by atoms with Crippen molar-refractivity contribution in [1.29, 1.82) is 0 Å². The minimum Gasteiger partial charge on any atom is -0.278 e. The van der Waals surface area contributed by atoms with Crippen LogP contribution >= 0.6 is 11.6 Å². The van der Waals surface area contributed by atoms with Crippen LogP contribution < -0.4 is 4.72 Å². The van der Waals surface area contributed by atoms with Crippen LogP contribution in [0.1, 0.15) is 5.56 Å². The van der Waals surface area contributed by atoms with Gasteiger partial charge in [0.1, 0.15) is 5.15 Å². The van der Waals surface area contributed by atoms with E-state index < -0.39 is 43.8 Å². The highest BCUT2D eigenvalue weighted by Crippen LogP contribution is 2.28. The molecule has 0 aliphatic carbocycles. The Morgan fingerprint density at radius 1 is 1.05 bits per heavy atom. The second-order valence-corrected chi connectivity index (χ2v) is 6.19. The number of benzene rings is 1. The molecular formula is C12H7ClF4N2O2S. The zero-order valence-corrected chi connectivity index (χ0v) is 12.4. The first-order valence-corrected chi connectivity index (χ1v) is 7.48. The maximum absolute atomic E-state index is 13.9. The van der Waals surface area contributed by atoms with Crippen LogP contribution in [0.2, 0.25) is 5.15 Å². The van der Waals surface area contributed by atoms with E-state index in [2.05, 4.69) is 4.98 Å². The quantitative estimate of drug-likeness (QED) is 0.398. The van der Waals surface area contributed by atoms with E-state index in [9.17, 15) is 26.0 Å². The fraction of sp³-hybridized carbons (Fsp3) is 0.0833. The maximum Gasteiger partial charge on any atom is 0.267 e. The lowest BCUT2D eigenvalue weighted by molar-refractivity contribution is 0.405. The normalized spacial score (nSPS) is 11.5. The molecule has 0 saturated heterocycles. The van der Waals surface area contributed by atoms with Crippen molar-refractivity contribution in [1.82, 2.24) is 4.98 Å². The van der Waals surface area contributed by atoms with Crippen molar-refractivity contribution in [2.24, 2.45) is 0 Å². The number of hydrogen-bond acceptors (Lipinski definition) is 3. The Bertz CT molecular complexity index is 812. The molecule has 0 fully saturated rings. The predicted molar refractivity (Wildman–Crippen MR) is 71.1 cm³/mol. The summed E-state index contributed by atoms with van der Waals surface area (Å²) < 4.78 is 79.8. The van der Waals surface area contributed by atoms with E-state index in [0.717, 1.165) is 13.1 Å². The maximum atomic E-state index is 13.9. The first kappa shape index (κ1) is 16.5. The topological polar surface area (TPSA) is 59.1 Å². The molecule has 0 atom stereocenters. The Labute approximate surface area is 127 Å². The molecule has 22 heavy (non-hydrogen) atoms. The Morgan fingerprint density at radius 2 is 1.68 bits per heavy atom. The SMILES string of the molecule is Cc1c(F)c(F)c(F)c(S(=O)(=O)Nc2ccc(Cl)nc2)c1F.